The van der Waals surface area contributed by atoms with Crippen LogP contribution in [-0.4, -0.2) is 65.1 Å². The first-order chi connectivity index (χ1) is 21.4. The minimum absolute atomic E-state index is 0.148. The number of ether oxygens (including phenoxy) is 1. The van der Waals surface area contributed by atoms with Gasteiger partial charge in [0.05, 0.1) is 12.1 Å². The maximum Gasteiger partial charge on any atom is 0.454 e. The highest BCUT2D eigenvalue weighted by molar-refractivity contribution is 7.21. The van der Waals surface area contributed by atoms with Gasteiger partial charge < -0.3 is 19.6 Å². The summed E-state index contributed by atoms with van der Waals surface area (Å²) in [6.45, 7) is 0.148. The molecule has 1 aromatic heterocycles. The number of fused-ring (bicyclic) bond motifs is 1. The summed E-state index contributed by atoms with van der Waals surface area (Å²) in [5, 5.41) is 10.6. The van der Waals surface area contributed by atoms with Crippen molar-refractivity contribution in [2.75, 3.05) is 14.2 Å². The normalized spacial score (nSPS) is 16.8. The van der Waals surface area contributed by atoms with Crippen molar-refractivity contribution in [2.45, 2.75) is 50.5 Å². The summed E-state index contributed by atoms with van der Waals surface area (Å²) in [5.74, 6) is -1.65. The van der Waals surface area contributed by atoms with E-state index in [0.29, 0.717) is 58.0 Å². The number of thiophene rings is 1. The molecule has 1 fully saturated rings. The molecule has 1 aliphatic carbocycles. The zero-order valence-electron chi connectivity index (χ0n) is 24.4. The molecule has 3 aromatic carbocycles. The molecule has 12 heteroatoms. The predicted molar refractivity (Wildman–Crippen MR) is 167 cm³/mol. The molecule has 4 aromatic rings. The second-order valence-electron chi connectivity index (χ2n) is 11.0. The van der Waals surface area contributed by atoms with Gasteiger partial charge in [-0.15, -0.1) is 11.3 Å². The molecule has 2 amide bonds. The number of carbonyl (C=O) groups is 3. The van der Waals surface area contributed by atoms with Crippen molar-refractivity contribution < 1.29 is 37.4 Å². The molecular weight excluding hydrogens is 629 g/mol. The second-order valence-corrected chi connectivity index (χ2v) is 12.4. The highest BCUT2D eigenvalue weighted by Crippen LogP contribution is 2.39. The van der Waals surface area contributed by atoms with E-state index in [4.69, 9.17) is 16.3 Å². The summed E-state index contributed by atoms with van der Waals surface area (Å²) in [4.78, 5) is 41.0. The van der Waals surface area contributed by atoms with Crippen molar-refractivity contribution in [1.82, 2.24) is 9.80 Å². The standard InChI is InChI=1S/C33H30ClF3N2O5S/c1-38(32(42)43)23-12-14-24(15-13-23)39(31(41)29-28(34)25-5-3-4-6-27(25)45-29)18-22-17-21(11-16-26(22)44-2)19-7-9-20(10-8-19)30(40)33(35,36)37/h3-11,16-17,23-24H,12-15,18H2,1-2H3,(H,42,43). The number of rotatable bonds is 8. The molecular formula is C33H30ClF3N2O5S. The molecule has 0 aliphatic heterocycles. The summed E-state index contributed by atoms with van der Waals surface area (Å²) in [6.07, 6.45) is -3.65. The molecule has 0 saturated heterocycles. The van der Waals surface area contributed by atoms with E-state index in [1.54, 1.807) is 24.1 Å². The Labute approximate surface area is 266 Å². The number of carbonyl (C=O) groups excluding carboxylic acids is 2. The Morgan fingerprint density at radius 1 is 0.956 bits per heavy atom. The van der Waals surface area contributed by atoms with Crippen LogP contribution in [-0.2, 0) is 6.54 Å². The number of nitrogens with zero attached hydrogens (tertiary/aromatic N) is 2. The van der Waals surface area contributed by atoms with Crippen molar-refractivity contribution in [1.29, 1.82) is 0 Å². The Hall–Kier alpha value is -4.09. The average molecular weight is 659 g/mol. The van der Waals surface area contributed by atoms with E-state index < -0.39 is 23.6 Å². The zero-order valence-corrected chi connectivity index (χ0v) is 26.0. The number of Topliss-reactive ketones (excluding diaryl/α,β-unsaturated/α-hetero) is 1. The Bertz CT molecular complexity index is 1730. The highest BCUT2D eigenvalue weighted by atomic mass is 35.5. The molecule has 0 radical (unpaired) electrons. The maximum atomic E-state index is 14.3. The largest absolute Gasteiger partial charge is 0.496 e. The van der Waals surface area contributed by atoms with Crippen molar-refractivity contribution in [3.63, 3.8) is 0 Å². The van der Waals surface area contributed by atoms with Gasteiger partial charge in [0.1, 0.15) is 10.6 Å². The van der Waals surface area contributed by atoms with Crippen molar-refractivity contribution in [3.05, 3.63) is 87.8 Å². The van der Waals surface area contributed by atoms with Crippen LogP contribution in [0.1, 0.15) is 51.3 Å². The fourth-order valence-corrected chi connectivity index (χ4v) is 7.27. The molecule has 1 N–H and O–H groups in total. The number of hydrogen-bond donors (Lipinski definition) is 1. The molecule has 0 spiro atoms. The Morgan fingerprint density at radius 2 is 1.58 bits per heavy atom. The van der Waals surface area contributed by atoms with E-state index in [2.05, 4.69) is 0 Å². The molecule has 0 bridgehead atoms. The van der Waals surface area contributed by atoms with Crippen LogP contribution in [0.15, 0.2) is 66.7 Å². The van der Waals surface area contributed by atoms with Gasteiger partial charge in [0.15, 0.2) is 0 Å². The minimum atomic E-state index is -4.97. The number of alkyl halides is 3. The lowest BCUT2D eigenvalue weighted by molar-refractivity contribution is -0.0885. The fraction of sp³-hybridized carbons (Fsp3) is 0.303. The van der Waals surface area contributed by atoms with Crippen LogP contribution in [0.4, 0.5) is 18.0 Å². The number of amides is 2. The van der Waals surface area contributed by atoms with E-state index in [-0.39, 0.29) is 24.5 Å². The predicted octanol–water partition coefficient (Wildman–Crippen LogP) is 8.54. The van der Waals surface area contributed by atoms with Crippen LogP contribution in [0.3, 0.4) is 0 Å². The van der Waals surface area contributed by atoms with Crippen LogP contribution in [0.2, 0.25) is 5.02 Å². The third-order valence-electron chi connectivity index (χ3n) is 8.31. The Kier molecular flexibility index (Phi) is 9.41. The number of ketones is 1. The molecule has 1 heterocycles. The number of benzene rings is 3. The monoisotopic (exact) mass is 658 g/mol. The Balaban J connectivity index is 1.49. The van der Waals surface area contributed by atoms with Gasteiger partial charge in [-0.1, -0.05) is 60.1 Å². The average Bonchev–Trinajstić information content (AvgIpc) is 3.38. The van der Waals surface area contributed by atoms with Crippen LogP contribution >= 0.6 is 22.9 Å². The fourth-order valence-electron chi connectivity index (χ4n) is 5.81. The van der Waals surface area contributed by atoms with Gasteiger partial charge in [0.2, 0.25) is 0 Å². The summed E-state index contributed by atoms with van der Waals surface area (Å²) in [5.41, 5.74) is 1.46. The molecule has 5 rings (SSSR count). The molecule has 1 aliphatic rings. The van der Waals surface area contributed by atoms with Crippen LogP contribution in [0.25, 0.3) is 21.2 Å². The molecule has 1 saturated carbocycles. The van der Waals surface area contributed by atoms with E-state index in [9.17, 15) is 32.7 Å². The quantitative estimate of drug-likeness (QED) is 0.192. The lowest BCUT2D eigenvalue weighted by Crippen LogP contribution is -2.46. The summed E-state index contributed by atoms with van der Waals surface area (Å²) < 4.78 is 45.2. The lowest BCUT2D eigenvalue weighted by Gasteiger charge is -2.39. The van der Waals surface area contributed by atoms with Crippen LogP contribution in [0.5, 0.6) is 5.75 Å². The van der Waals surface area contributed by atoms with Crippen molar-refractivity contribution >= 4 is 50.8 Å². The van der Waals surface area contributed by atoms with Gasteiger partial charge in [-0.05, 0) is 55.0 Å². The van der Waals surface area contributed by atoms with E-state index in [0.717, 1.165) is 22.2 Å². The first-order valence-electron chi connectivity index (χ1n) is 14.2. The maximum absolute atomic E-state index is 14.3. The van der Waals surface area contributed by atoms with Crippen LogP contribution in [0, 0.1) is 0 Å². The zero-order chi connectivity index (χ0) is 32.5. The topological polar surface area (TPSA) is 87.2 Å². The minimum Gasteiger partial charge on any atom is -0.496 e. The summed E-state index contributed by atoms with van der Waals surface area (Å²) in [6, 6.07) is 17.6. The second kappa shape index (κ2) is 13.1. The van der Waals surface area contributed by atoms with E-state index in [1.807, 2.05) is 30.3 Å². The Morgan fingerprint density at radius 3 is 2.18 bits per heavy atom. The number of methoxy groups -OCH3 is 1. The molecule has 0 unspecified atom stereocenters. The number of halogens is 4. The molecule has 45 heavy (non-hydrogen) atoms. The first-order valence-corrected chi connectivity index (χ1v) is 15.4. The van der Waals surface area contributed by atoms with Crippen molar-refractivity contribution in [3.8, 4) is 16.9 Å². The van der Waals surface area contributed by atoms with E-state index in [1.165, 1.54) is 35.5 Å². The van der Waals surface area contributed by atoms with Crippen LogP contribution < -0.4 is 4.74 Å². The lowest BCUT2D eigenvalue weighted by atomic mass is 9.89. The van der Waals surface area contributed by atoms with Crippen molar-refractivity contribution in [2.24, 2.45) is 0 Å². The third-order valence-corrected chi connectivity index (χ3v) is 9.97. The summed E-state index contributed by atoms with van der Waals surface area (Å²) >= 11 is 8.05. The summed E-state index contributed by atoms with van der Waals surface area (Å²) in [7, 11) is 3.06. The van der Waals surface area contributed by atoms with Gasteiger partial charge in [-0.3, -0.25) is 9.59 Å². The molecule has 0 atom stereocenters. The number of carboxylic acid groups (broad SMARTS) is 1. The van der Waals surface area contributed by atoms with Gasteiger partial charge in [0.25, 0.3) is 11.7 Å². The van der Waals surface area contributed by atoms with Gasteiger partial charge in [0, 0.05) is 46.9 Å². The SMILES string of the molecule is COc1ccc(-c2ccc(C(=O)C(F)(F)F)cc2)cc1CN(C(=O)c1sc2ccccc2c1Cl)C1CCC(N(C)C(=O)O)CC1. The first kappa shape index (κ1) is 32.3. The van der Waals surface area contributed by atoms with Gasteiger partial charge >= 0.3 is 12.3 Å². The van der Waals surface area contributed by atoms with Gasteiger partial charge in [-0.2, -0.15) is 13.2 Å². The van der Waals surface area contributed by atoms with Gasteiger partial charge in [-0.25, -0.2) is 4.79 Å². The third kappa shape index (κ3) is 6.79. The van der Waals surface area contributed by atoms with E-state index >= 15 is 0 Å². The number of hydrogen-bond acceptors (Lipinski definition) is 5. The molecule has 236 valence electrons. The smallest absolute Gasteiger partial charge is 0.454 e. The molecule has 7 nitrogen and oxygen atoms in total. The highest BCUT2D eigenvalue weighted by Gasteiger charge is 2.39.